The van der Waals surface area contributed by atoms with Crippen LogP contribution in [0.15, 0.2) is 36.5 Å². The van der Waals surface area contributed by atoms with E-state index < -0.39 is 0 Å². The van der Waals surface area contributed by atoms with Gasteiger partial charge in [0.1, 0.15) is 6.54 Å². The molecular weight excluding hydrogens is 324 g/mol. The molecule has 1 fully saturated rings. The molecule has 1 aliphatic rings. The standard InChI is InChI=1S/C18H23ClN4O/c19-16-6-2-1-4-14(16)7-10-21-18(24)13-23-17(8-11-22-23)15-5-3-9-20-12-15/h1-2,4,6,8,11,15,20H,3,5,7,9-10,12-13H2,(H,21,24). The summed E-state index contributed by atoms with van der Waals surface area (Å²) in [6.45, 7) is 2.87. The van der Waals surface area contributed by atoms with Gasteiger partial charge in [-0.15, -0.1) is 0 Å². The van der Waals surface area contributed by atoms with Crippen molar-refractivity contribution < 1.29 is 4.79 Å². The molecule has 1 saturated heterocycles. The van der Waals surface area contributed by atoms with Crippen molar-refractivity contribution in [3.8, 4) is 0 Å². The molecule has 3 rings (SSSR count). The van der Waals surface area contributed by atoms with Crippen LogP contribution in [0.2, 0.25) is 5.02 Å². The molecule has 1 atom stereocenters. The molecule has 2 heterocycles. The van der Waals surface area contributed by atoms with E-state index in [4.69, 9.17) is 11.6 Å². The lowest BCUT2D eigenvalue weighted by molar-refractivity contribution is -0.121. The largest absolute Gasteiger partial charge is 0.354 e. The lowest BCUT2D eigenvalue weighted by atomic mass is 9.96. The predicted octanol–water partition coefficient (Wildman–Crippen LogP) is 2.36. The van der Waals surface area contributed by atoms with E-state index in [0.29, 0.717) is 12.5 Å². The van der Waals surface area contributed by atoms with E-state index in [1.165, 1.54) is 6.42 Å². The summed E-state index contributed by atoms with van der Waals surface area (Å²) in [6, 6.07) is 9.73. The van der Waals surface area contributed by atoms with Crippen LogP contribution in [0, 0.1) is 0 Å². The number of halogens is 1. The average Bonchev–Trinajstić information content (AvgIpc) is 3.05. The monoisotopic (exact) mass is 346 g/mol. The second kappa shape index (κ2) is 8.31. The fourth-order valence-corrected chi connectivity index (χ4v) is 3.39. The first-order valence-corrected chi connectivity index (χ1v) is 8.84. The van der Waals surface area contributed by atoms with E-state index in [9.17, 15) is 4.79 Å². The number of hydrogen-bond acceptors (Lipinski definition) is 3. The zero-order valence-electron chi connectivity index (χ0n) is 13.7. The van der Waals surface area contributed by atoms with Crippen LogP contribution >= 0.6 is 11.6 Å². The quantitative estimate of drug-likeness (QED) is 0.844. The Morgan fingerprint density at radius 1 is 1.38 bits per heavy atom. The van der Waals surface area contributed by atoms with Gasteiger partial charge in [0.25, 0.3) is 0 Å². The highest BCUT2D eigenvalue weighted by Crippen LogP contribution is 2.22. The van der Waals surface area contributed by atoms with Gasteiger partial charge in [-0.05, 0) is 43.5 Å². The number of nitrogens with one attached hydrogen (secondary N) is 2. The topological polar surface area (TPSA) is 59.0 Å². The third kappa shape index (κ3) is 4.36. The molecule has 0 saturated carbocycles. The van der Waals surface area contributed by atoms with E-state index in [2.05, 4.69) is 15.7 Å². The fourth-order valence-electron chi connectivity index (χ4n) is 3.16. The van der Waals surface area contributed by atoms with Gasteiger partial charge in [-0.25, -0.2) is 0 Å². The van der Waals surface area contributed by atoms with Crippen molar-refractivity contribution in [2.75, 3.05) is 19.6 Å². The Bertz CT molecular complexity index is 679. The van der Waals surface area contributed by atoms with Gasteiger partial charge in [0.05, 0.1) is 0 Å². The Labute approximate surface area is 147 Å². The molecule has 5 nitrogen and oxygen atoms in total. The van der Waals surface area contributed by atoms with Crippen molar-refractivity contribution >= 4 is 17.5 Å². The number of aromatic nitrogens is 2. The van der Waals surface area contributed by atoms with Crippen LogP contribution in [0.1, 0.15) is 30.0 Å². The molecule has 24 heavy (non-hydrogen) atoms. The number of carbonyl (C=O) groups excluding carboxylic acids is 1. The summed E-state index contributed by atoms with van der Waals surface area (Å²) < 4.78 is 1.82. The van der Waals surface area contributed by atoms with Gasteiger partial charge in [0, 0.05) is 35.9 Å². The molecule has 1 amide bonds. The highest BCUT2D eigenvalue weighted by Gasteiger charge is 2.19. The minimum atomic E-state index is -0.0178. The Morgan fingerprint density at radius 3 is 3.04 bits per heavy atom. The highest BCUT2D eigenvalue weighted by molar-refractivity contribution is 6.31. The SMILES string of the molecule is O=C(Cn1nccc1C1CCCNC1)NCCc1ccccc1Cl. The highest BCUT2D eigenvalue weighted by atomic mass is 35.5. The second-order valence-electron chi connectivity index (χ2n) is 6.15. The van der Waals surface area contributed by atoms with Crippen LogP contribution in [0.25, 0.3) is 0 Å². The van der Waals surface area contributed by atoms with E-state index >= 15 is 0 Å². The second-order valence-corrected chi connectivity index (χ2v) is 6.56. The summed E-state index contributed by atoms with van der Waals surface area (Å²) in [5.74, 6) is 0.424. The molecule has 6 heteroatoms. The van der Waals surface area contributed by atoms with Crippen molar-refractivity contribution in [3.63, 3.8) is 0 Å². The van der Waals surface area contributed by atoms with Crippen LogP contribution in [0.4, 0.5) is 0 Å². The first-order chi connectivity index (χ1) is 11.7. The molecule has 128 valence electrons. The summed E-state index contributed by atoms with van der Waals surface area (Å²) in [5, 5.41) is 11.4. The van der Waals surface area contributed by atoms with Crippen LogP contribution in [-0.4, -0.2) is 35.3 Å². The number of piperidine rings is 1. The van der Waals surface area contributed by atoms with Crippen LogP contribution in [0.3, 0.4) is 0 Å². The molecule has 2 aromatic rings. The number of amides is 1. The van der Waals surface area contributed by atoms with Crippen LogP contribution < -0.4 is 10.6 Å². The van der Waals surface area contributed by atoms with Gasteiger partial charge in [-0.2, -0.15) is 5.10 Å². The third-order valence-corrected chi connectivity index (χ3v) is 4.80. The Hall–Kier alpha value is -1.85. The maximum absolute atomic E-state index is 12.2. The number of benzene rings is 1. The average molecular weight is 347 g/mol. The lowest BCUT2D eigenvalue weighted by Crippen LogP contribution is -2.33. The molecule has 0 radical (unpaired) electrons. The lowest BCUT2D eigenvalue weighted by Gasteiger charge is -2.23. The fraction of sp³-hybridized carbons (Fsp3) is 0.444. The van der Waals surface area contributed by atoms with E-state index in [-0.39, 0.29) is 12.5 Å². The van der Waals surface area contributed by atoms with Gasteiger partial charge in [0.15, 0.2) is 0 Å². The van der Waals surface area contributed by atoms with Gasteiger partial charge < -0.3 is 10.6 Å². The summed E-state index contributed by atoms with van der Waals surface area (Å²) >= 11 is 6.13. The zero-order chi connectivity index (χ0) is 16.8. The summed E-state index contributed by atoms with van der Waals surface area (Å²) in [6.07, 6.45) is 4.82. The molecule has 1 unspecified atom stereocenters. The van der Waals surface area contributed by atoms with Crippen LogP contribution in [0.5, 0.6) is 0 Å². The molecule has 1 aromatic carbocycles. The Morgan fingerprint density at radius 2 is 2.25 bits per heavy atom. The van der Waals surface area contributed by atoms with Gasteiger partial charge >= 0.3 is 0 Å². The zero-order valence-corrected chi connectivity index (χ0v) is 14.4. The van der Waals surface area contributed by atoms with E-state index in [0.717, 1.165) is 42.2 Å². The van der Waals surface area contributed by atoms with Crippen molar-refractivity contribution in [1.29, 1.82) is 0 Å². The Balaban J connectivity index is 1.50. The third-order valence-electron chi connectivity index (χ3n) is 4.43. The molecule has 0 spiro atoms. The van der Waals surface area contributed by atoms with Crippen molar-refractivity contribution in [2.24, 2.45) is 0 Å². The van der Waals surface area contributed by atoms with Crippen molar-refractivity contribution in [2.45, 2.75) is 31.7 Å². The van der Waals surface area contributed by atoms with Crippen molar-refractivity contribution in [3.05, 3.63) is 52.8 Å². The van der Waals surface area contributed by atoms with Gasteiger partial charge in [0.2, 0.25) is 5.91 Å². The molecule has 0 aliphatic carbocycles. The molecule has 2 N–H and O–H groups in total. The maximum atomic E-state index is 12.2. The van der Waals surface area contributed by atoms with E-state index in [1.54, 1.807) is 6.20 Å². The number of carbonyl (C=O) groups is 1. The maximum Gasteiger partial charge on any atom is 0.241 e. The smallest absolute Gasteiger partial charge is 0.241 e. The normalized spacial score (nSPS) is 17.6. The minimum Gasteiger partial charge on any atom is -0.354 e. The minimum absolute atomic E-state index is 0.0178. The summed E-state index contributed by atoms with van der Waals surface area (Å²) in [4.78, 5) is 12.2. The first kappa shape index (κ1) is 17.0. The van der Waals surface area contributed by atoms with Gasteiger partial charge in [-0.1, -0.05) is 29.8 Å². The van der Waals surface area contributed by atoms with Gasteiger partial charge in [-0.3, -0.25) is 9.48 Å². The predicted molar refractivity (Wildman–Crippen MR) is 95.2 cm³/mol. The Kier molecular flexibility index (Phi) is 5.88. The summed E-state index contributed by atoms with van der Waals surface area (Å²) in [5.41, 5.74) is 2.19. The number of nitrogens with zero attached hydrogens (tertiary/aromatic N) is 2. The van der Waals surface area contributed by atoms with E-state index in [1.807, 2.05) is 35.0 Å². The number of hydrogen-bond donors (Lipinski definition) is 2. The van der Waals surface area contributed by atoms with Crippen molar-refractivity contribution in [1.82, 2.24) is 20.4 Å². The van der Waals surface area contributed by atoms with Crippen LogP contribution in [-0.2, 0) is 17.8 Å². The molecule has 1 aliphatic heterocycles. The molecule has 1 aromatic heterocycles. The number of rotatable bonds is 6. The summed E-state index contributed by atoms with van der Waals surface area (Å²) in [7, 11) is 0. The first-order valence-electron chi connectivity index (χ1n) is 8.46. The molecular formula is C18H23ClN4O. The molecule has 0 bridgehead atoms.